The number of halogens is 4. The third-order valence-electron chi connectivity index (χ3n) is 7.68. The fraction of sp³-hybridized carbons (Fsp3) is 0.250. The molecule has 1 aliphatic carbocycles. The molecule has 0 aliphatic heterocycles. The van der Waals surface area contributed by atoms with E-state index in [1.165, 1.54) is 28.3 Å². The van der Waals surface area contributed by atoms with Gasteiger partial charge in [0, 0.05) is 24.2 Å². The molecular weight excluding hydrogens is 629 g/mol. The van der Waals surface area contributed by atoms with Crippen LogP contribution in [-0.4, -0.2) is 31.0 Å². The molecule has 1 fully saturated rings. The van der Waals surface area contributed by atoms with Crippen molar-refractivity contribution in [1.29, 1.82) is 0 Å². The van der Waals surface area contributed by atoms with Crippen LogP contribution >= 0.6 is 11.6 Å². The van der Waals surface area contributed by atoms with Crippen LogP contribution in [0.25, 0.3) is 11.2 Å². The Morgan fingerprint density at radius 1 is 0.957 bits per heavy atom. The number of alkyl halides is 3. The van der Waals surface area contributed by atoms with Crippen LogP contribution in [-0.2, 0) is 29.7 Å². The zero-order valence-electron chi connectivity index (χ0n) is 24.2. The third-order valence-corrected chi connectivity index (χ3v) is 7.94. The van der Waals surface area contributed by atoms with Gasteiger partial charge >= 0.3 is 24.0 Å². The van der Waals surface area contributed by atoms with E-state index in [9.17, 15) is 27.6 Å². The maximum absolute atomic E-state index is 14.0. The van der Waals surface area contributed by atoms with Gasteiger partial charge in [-0.25, -0.2) is 4.79 Å². The number of imidazole rings is 1. The zero-order valence-corrected chi connectivity index (χ0v) is 25.0. The first kappa shape index (κ1) is 31.0. The number of nitrogens with zero attached hydrogens (tertiary/aromatic N) is 4. The van der Waals surface area contributed by atoms with Gasteiger partial charge in [0.15, 0.2) is 11.2 Å². The summed E-state index contributed by atoms with van der Waals surface area (Å²) in [6.45, 7) is 0.167. The Morgan fingerprint density at radius 3 is 2.35 bits per heavy atom. The lowest BCUT2D eigenvalue weighted by molar-refractivity contribution is -0.274. The standard InChI is InChI=1S/C32H26ClF3N4O6/c1-38-27-26(28(41)40(31(38)43)23-14-21(15-23)29(42)44-18-20-6-3-2-4-7-20)39(17-19-10-12-22(33)13-11-19)30(37-27)45-24-8-5-9-25(16-24)46-32(34,35)36/h2-13,16,21,23H,14-15,17-18H2,1H3. The Hall–Kier alpha value is -5.04. The Morgan fingerprint density at radius 2 is 1.65 bits per heavy atom. The first-order valence-corrected chi connectivity index (χ1v) is 14.5. The van der Waals surface area contributed by atoms with Gasteiger partial charge < -0.3 is 14.2 Å². The number of ether oxygens (including phenoxy) is 3. The number of benzene rings is 3. The van der Waals surface area contributed by atoms with E-state index in [4.69, 9.17) is 21.1 Å². The molecule has 0 saturated heterocycles. The summed E-state index contributed by atoms with van der Waals surface area (Å²) in [5, 5.41) is 0.490. The predicted octanol–water partition coefficient (Wildman–Crippen LogP) is 5.98. The molecule has 0 atom stereocenters. The minimum Gasteiger partial charge on any atom is -0.461 e. The van der Waals surface area contributed by atoms with Crippen LogP contribution in [0.15, 0.2) is 88.5 Å². The number of carbonyl (C=O) groups excluding carboxylic acids is 1. The number of esters is 1. The van der Waals surface area contributed by atoms with Crippen molar-refractivity contribution in [3.8, 4) is 17.5 Å². The molecule has 1 aliphatic rings. The predicted molar refractivity (Wildman–Crippen MR) is 161 cm³/mol. The molecule has 238 valence electrons. The van der Waals surface area contributed by atoms with Crippen molar-refractivity contribution in [2.45, 2.75) is 38.4 Å². The van der Waals surface area contributed by atoms with Crippen LogP contribution in [0.2, 0.25) is 5.02 Å². The molecular formula is C32H26ClF3N4O6. The number of hydrogen-bond donors (Lipinski definition) is 0. The van der Waals surface area contributed by atoms with E-state index in [0.717, 1.165) is 22.3 Å². The molecule has 0 N–H and O–H groups in total. The summed E-state index contributed by atoms with van der Waals surface area (Å²) >= 11 is 6.05. The molecule has 0 amide bonds. The number of aryl methyl sites for hydroxylation is 1. The Labute approximate surface area is 264 Å². The molecule has 46 heavy (non-hydrogen) atoms. The van der Waals surface area contributed by atoms with Crippen LogP contribution in [0.5, 0.6) is 17.5 Å². The Bertz CT molecular complexity index is 2020. The van der Waals surface area contributed by atoms with E-state index in [1.54, 1.807) is 24.3 Å². The highest BCUT2D eigenvalue weighted by molar-refractivity contribution is 6.30. The summed E-state index contributed by atoms with van der Waals surface area (Å²) in [6.07, 6.45) is -4.45. The van der Waals surface area contributed by atoms with Gasteiger partial charge in [0.25, 0.3) is 5.56 Å². The fourth-order valence-corrected chi connectivity index (χ4v) is 5.44. The summed E-state index contributed by atoms with van der Waals surface area (Å²) < 4.78 is 57.6. The summed E-state index contributed by atoms with van der Waals surface area (Å²) in [7, 11) is 1.45. The largest absolute Gasteiger partial charge is 0.573 e. The van der Waals surface area contributed by atoms with Gasteiger partial charge in [-0.05, 0) is 48.2 Å². The Kier molecular flexibility index (Phi) is 8.34. The van der Waals surface area contributed by atoms with E-state index < -0.39 is 41.3 Å². The highest BCUT2D eigenvalue weighted by Gasteiger charge is 2.39. The monoisotopic (exact) mass is 654 g/mol. The molecule has 2 aromatic heterocycles. The zero-order chi connectivity index (χ0) is 32.6. The molecule has 14 heteroatoms. The molecule has 0 unspecified atom stereocenters. The number of carbonyl (C=O) groups is 1. The molecule has 6 rings (SSSR count). The fourth-order valence-electron chi connectivity index (χ4n) is 5.32. The van der Waals surface area contributed by atoms with E-state index in [0.29, 0.717) is 10.6 Å². The van der Waals surface area contributed by atoms with E-state index in [-0.39, 0.29) is 48.9 Å². The number of fused-ring (bicyclic) bond motifs is 1. The summed E-state index contributed by atoms with van der Waals surface area (Å²) in [5.41, 5.74) is 0.300. The quantitative estimate of drug-likeness (QED) is 0.180. The van der Waals surface area contributed by atoms with E-state index in [1.807, 2.05) is 30.3 Å². The second kappa shape index (κ2) is 12.4. The average Bonchev–Trinajstić information content (AvgIpc) is 3.34. The van der Waals surface area contributed by atoms with Gasteiger partial charge in [-0.3, -0.25) is 23.3 Å². The Balaban J connectivity index is 1.34. The lowest BCUT2D eigenvalue weighted by Crippen LogP contribution is -2.47. The molecule has 10 nitrogen and oxygen atoms in total. The third kappa shape index (κ3) is 6.50. The minimum absolute atomic E-state index is 0.0102. The average molecular weight is 655 g/mol. The number of rotatable bonds is 9. The van der Waals surface area contributed by atoms with Crippen molar-refractivity contribution >= 4 is 28.7 Å². The van der Waals surface area contributed by atoms with Crippen LogP contribution in [0.4, 0.5) is 13.2 Å². The summed E-state index contributed by atoms with van der Waals surface area (Å²) in [5.74, 6) is -1.45. The molecule has 2 heterocycles. The van der Waals surface area contributed by atoms with Gasteiger partial charge in [0.1, 0.15) is 18.1 Å². The van der Waals surface area contributed by atoms with Crippen LogP contribution in [0, 0.1) is 5.92 Å². The maximum atomic E-state index is 14.0. The normalized spacial score (nSPS) is 16.2. The van der Waals surface area contributed by atoms with Crippen LogP contribution in [0.3, 0.4) is 0 Å². The maximum Gasteiger partial charge on any atom is 0.573 e. The smallest absolute Gasteiger partial charge is 0.461 e. The lowest BCUT2D eigenvalue weighted by atomic mass is 9.80. The van der Waals surface area contributed by atoms with Crippen molar-refractivity contribution in [3.63, 3.8) is 0 Å². The number of hydrogen-bond acceptors (Lipinski definition) is 7. The number of aromatic nitrogens is 4. The summed E-state index contributed by atoms with van der Waals surface area (Å²) in [4.78, 5) is 44.6. The molecule has 0 spiro atoms. The van der Waals surface area contributed by atoms with Gasteiger partial charge in [-0.15, -0.1) is 13.2 Å². The summed E-state index contributed by atoms with van der Waals surface area (Å²) in [6, 6.07) is 20.1. The molecule has 0 bridgehead atoms. The second-order valence-corrected chi connectivity index (χ2v) is 11.3. The second-order valence-electron chi connectivity index (χ2n) is 10.8. The first-order chi connectivity index (χ1) is 22.0. The van der Waals surface area contributed by atoms with Gasteiger partial charge in [-0.2, -0.15) is 4.98 Å². The molecule has 5 aromatic rings. The minimum atomic E-state index is -4.91. The highest BCUT2D eigenvalue weighted by Crippen LogP contribution is 2.38. The van der Waals surface area contributed by atoms with Crippen molar-refractivity contribution in [2.24, 2.45) is 13.0 Å². The molecule has 3 aromatic carbocycles. The van der Waals surface area contributed by atoms with E-state index in [2.05, 4.69) is 9.72 Å². The van der Waals surface area contributed by atoms with Crippen LogP contribution < -0.4 is 20.7 Å². The molecule has 0 radical (unpaired) electrons. The topological polar surface area (TPSA) is 107 Å². The lowest BCUT2D eigenvalue weighted by Gasteiger charge is -2.34. The van der Waals surface area contributed by atoms with Crippen LogP contribution in [0.1, 0.15) is 30.0 Å². The van der Waals surface area contributed by atoms with Gasteiger partial charge in [-0.1, -0.05) is 60.1 Å². The SMILES string of the molecule is Cn1c(=O)n(C2CC(C(=O)OCc3ccccc3)C2)c(=O)c2c1nc(Oc1cccc(OC(F)(F)F)c1)n2Cc1ccc(Cl)cc1. The van der Waals surface area contributed by atoms with Gasteiger partial charge in [0.2, 0.25) is 0 Å². The first-order valence-electron chi connectivity index (χ1n) is 14.2. The van der Waals surface area contributed by atoms with Crippen molar-refractivity contribution in [1.82, 2.24) is 18.7 Å². The highest BCUT2D eigenvalue weighted by atomic mass is 35.5. The van der Waals surface area contributed by atoms with Gasteiger partial charge in [0.05, 0.1) is 12.5 Å². The van der Waals surface area contributed by atoms with Crippen molar-refractivity contribution < 1.29 is 32.2 Å². The van der Waals surface area contributed by atoms with Crippen molar-refractivity contribution in [3.05, 3.63) is 116 Å². The van der Waals surface area contributed by atoms with Crippen molar-refractivity contribution in [2.75, 3.05) is 0 Å². The molecule has 1 saturated carbocycles. The van der Waals surface area contributed by atoms with E-state index >= 15 is 0 Å².